The van der Waals surface area contributed by atoms with Crippen LogP contribution in [-0.4, -0.2) is 33.0 Å². The van der Waals surface area contributed by atoms with Crippen LogP contribution in [0.1, 0.15) is 16.8 Å². The number of amides is 1. The summed E-state index contributed by atoms with van der Waals surface area (Å²) in [6.07, 6.45) is 3.77. The number of pyridine rings is 1. The third-order valence-corrected chi connectivity index (χ3v) is 4.49. The molecule has 0 atom stereocenters. The summed E-state index contributed by atoms with van der Waals surface area (Å²) in [5, 5.41) is 2.05. The number of hydrogen-bond acceptors (Lipinski definition) is 4. The second-order valence-corrected chi connectivity index (χ2v) is 6.36. The molecule has 0 aliphatic rings. The molecule has 1 amide bonds. The van der Waals surface area contributed by atoms with E-state index in [1.165, 1.54) is 0 Å². The van der Waals surface area contributed by atoms with Gasteiger partial charge in [-0.2, -0.15) is 0 Å². The fourth-order valence-electron chi connectivity index (χ4n) is 3.16. The van der Waals surface area contributed by atoms with Crippen LogP contribution >= 0.6 is 0 Å². The number of aromatic amines is 1. The molecule has 0 fully saturated rings. The number of hydrogen-bond donors (Lipinski definition) is 2. The Morgan fingerprint density at radius 3 is 2.89 bits per heavy atom. The van der Waals surface area contributed by atoms with Crippen LogP contribution in [0.3, 0.4) is 0 Å². The minimum Gasteiger partial charge on any atom is -0.462 e. The molecule has 7 nitrogen and oxygen atoms in total. The van der Waals surface area contributed by atoms with Crippen molar-refractivity contribution in [1.29, 1.82) is 0 Å². The molecule has 4 rings (SSSR count). The van der Waals surface area contributed by atoms with Crippen LogP contribution in [0.5, 0.6) is 0 Å². The SMILES string of the molecule is Cn1cc(-c2cc3cccnc3[nH]2)c2ccc(C(=O)OCCC(N)=O)cc21. The maximum atomic E-state index is 12.2. The van der Waals surface area contributed by atoms with Gasteiger partial charge in [-0.15, -0.1) is 0 Å². The highest BCUT2D eigenvalue weighted by atomic mass is 16.5. The van der Waals surface area contributed by atoms with Gasteiger partial charge in [0.15, 0.2) is 0 Å². The van der Waals surface area contributed by atoms with Crippen LogP contribution in [0, 0.1) is 0 Å². The van der Waals surface area contributed by atoms with Gasteiger partial charge in [0.25, 0.3) is 0 Å². The summed E-state index contributed by atoms with van der Waals surface area (Å²) in [6.45, 7) is -0.0212. The van der Waals surface area contributed by atoms with E-state index in [4.69, 9.17) is 10.5 Å². The molecule has 4 aromatic rings. The van der Waals surface area contributed by atoms with E-state index < -0.39 is 11.9 Å². The number of nitrogens with one attached hydrogen (secondary N) is 1. The highest BCUT2D eigenvalue weighted by molar-refractivity contribution is 6.01. The molecule has 0 radical (unpaired) electrons. The summed E-state index contributed by atoms with van der Waals surface area (Å²) in [4.78, 5) is 30.6. The second kappa shape index (κ2) is 6.60. The Balaban J connectivity index is 1.68. The van der Waals surface area contributed by atoms with Gasteiger partial charge in [-0.1, -0.05) is 6.07 Å². The fraction of sp³-hybridized carbons (Fsp3) is 0.150. The van der Waals surface area contributed by atoms with Gasteiger partial charge in [0.2, 0.25) is 5.91 Å². The molecule has 0 saturated carbocycles. The maximum Gasteiger partial charge on any atom is 0.338 e. The molecule has 0 aliphatic carbocycles. The summed E-state index contributed by atoms with van der Waals surface area (Å²) in [5.74, 6) is -0.978. The van der Waals surface area contributed by atoms with Crippen molar-refractivity contribution in [2.45, 2.75) is 6.42 Å². The molecule has 3 N–H and O–H groups in total. The van der Waals surface area contributed by atoms with Crippen molar-refractivity contribution < 1.29 is 14.3 Å². The van der Waals surface area contributed by atoms with Gasteiger partial charge in [-0.3, -0.25) is 4.79 Å². The molecule has 3 aromatic heterocycles. The molecule has 27 heavy (non-hydrogen) atoms. The Hall–Kier alpha value is -3.61. The summed E-state index contributed by atoms with van der Waals surface area (Å²) in [7, 11) is 1.93. The predicted molar refractivity (Wildman–Crippen MR) is 102 cm³/mol. The van der Waals surface area contributed by atoms with Crippen molar-refractivity contribution in [1.82, 2.24) is 14.5 Å². The number of aryl methyl sites for hydroxylation is 1. The Bertz CT molecular complexity index is 1140. The van der Waals surface area contributed by atoms with Gasteiger partial charge in [0.1, 0.15) is 12.3 Å². The molecule has 1 aromatic carbocycles. The number of carbonyl (C=O) groups is 2. The highest BCUT2D eigenvalue weighted by Crippen LogP contribution is 2.32. The minimum atomic E-state index is -0.502. The molecule has 0 bridgehead atoms. The van der Waals surface area contributed by atoms with Crippen molar-refractivity contribution >= 4 is 33.8 Å². The number of primary amides is 1. The van der Waals surface area contributed by atoms with E-state index in [9.17, 15) is 9.59 Å². The molecule has 0 saturated heterocycles. The van der Waals surface area contributed by atoms with Gasteiger partial charge < -0.3 is 20.0 Å². The van der Waals surface area contributed by atoms with Gasteiger partial charge in [-0.25, -0.2) is 9.78 Å². The Morgan fingerprint density at radius 1 is 1.26 bits per heavy atom. The van der Waals surface area contributed by atoms with E-state index in [-0.39, 0.29) is 13.0 Å². The summed E-state index contributed by atoms with van der Waals surface area (Å²) in [6, 6.07) is 11.4. The zero-order valence-corrected chi connectivity index (χ0v) is 14.7. The minimum absolute atomic E-state index is 0.0106. The lowest BCUT2D eigenvalue weighted by Crippen LogP contribution is -2.15. The standard InChI is InChI=1S/C20H18N4O3/c1-24-11-15(16-9-12-3-2-7-22-19(12)23-16)14-5-4-13(10-17(14)24)20(26)27-8-6-18(21)25/h2-5,7,9-11H,6,8H2,1H3,(H2,21,25)(H,22,23). The van der Waals surface area contributed by atoms with E-state index >= 15 is 0 Å². The number of esters is 1. The van der Waals surface area contributed by atoms with Gasteiger partial charge in [0.05, 0.1) is 12.0 Å². The molecule has 3 heterocycles. The lowest BCUT2D eigenvalue weighted by atomic mass is 10.1. The van der Waals surface area contributed by atoms with Gasteiger partial charge >= 0.3 is 5.97 Å². The quantitative estimate of drug-likeness (QED) is 0.533. The Labute approximate surface area is 154 Å². The van der Waals surface area contributed by atoms with Crippen LogP contribution in [0.2, 0.25) is 0 Å². The number of carbonyl (C=O) groups excluding carboxylic acids is 2. The lowest BCUT2D eigenvalue weighted by molar-refractivity contribution is -0.118. The summed E-state index contributed by atoms with van der Waals surface area (Å²) < 4.78 is 7.06. The number of H-pyrrole nitrogens is 1. The summed E-state index contributed by atoms with van der Waals surface area (Å²) >= 11 is 0. The number of fused-ring (bicyclic) bond motifs is 2. The van der Waals surface area contributed by atoms with Crippen molar-refractivity contribution in [2.75, 3.05) is 6.61 Å². The maximum absolute atomic E-state index is 12.2. The second-order valence-electron chi connectivity index (χ2n) is 6.36. The number of ether oxygens (including phenoxy) is 1. The van der Waals surface area contributed by atoms with Gasteiger partial charge in [-0.05, 0) is 30.3 Å². The van der Waals surface area contributed by atoms with Crippen LogP contribution in [0.4, 0.5) is 0 Å². The van der Waals surface area contributed by atoms with E-state index in [2.05, 4.69) is 16.0 Å². The van der Waals surface area contributed by atoms with Crippen molar-refractivity contribution in [3.63, 3.8) is 0 Å². The largest absolute Gasteiger partial charge is 0.462 e. The highest BCUT2D eigenvalue weighted by Gasteiger charge is 2.15. The van der Waals surface area contributed by atoms with Gasteiger partial charge in [0, 0.05) is 47.0 Å². The average molecular weight is 362 g/mol. The number of nitrogens with zero attached hydrogens (tertiary/aromatic N) is 2. The van der Waals surface area contributed by atoms with Crippen molar-refractivity contribution in [2.24, 2.45) is 12.8 Å². The van der Waals surface area contributed by atoms with Crippen LogP contribution in [-0.2, 0) is 16.6 Å². The smallest absolute Gasteiger partial charge is 0.338 e. The molecule has 136 valence electrons. The Kier molecular flexibility index (Phi) is 4.12. The first-order chi connectivity index (χ1) is 13.0. The third kappa shape index (κ3) is 3.15. The normalized spacial score (nSPS) is 11.1. The molecule has 7 heteroatoms. The van der Waals surface area contributed by atoms with Crippen molar-refractivity contribution in [3.05, 3.63) is 54.4 Å². The van der Waals surface area contributed by atoms with Crippen molar-refractivity contribution in [3.8, 4) is 11.3 Å². The molecular weight excluding hydrogens is 344 g/mol. The van der Waals surface area contributed by atoms with Crippen LogP contribution < -0.4 is 5.73 Å². The zero-order valence-electron chi connectivity index (χ0n) is 14.7. The molecular formula is C20H18N4O3. The molecule has 0 unspecified atom stereocenters. The third-order valence-electron chi connectivity index (χ3n) is 4.49. The van der Waals surface area contributed by atoms with Crippen LogP contribution in [0.15, 0.2) is 48.8 Å². The number of rotatable bonds is 5. The Morgan fingerprint density at radius 2 is 2.11 bits per heavy atom. The van der Waals surface area contributed by atoms with E-state index in [0.29, 0.717) is 5.56 Å². The monoisotopic (exact) mass is 362 g/mol. The van der Waals surface area contributed by atoms with E-state index in [1.54, 1.807) is 18.3 Å². The molecule has 0 spiro atoms. The predicted octanol–water partition coefficient (Wildman–Crippen LogP) is 2.75. The van der Waals surface area contributed by atoms with E-state index in [0.717, 1.165) is 33.2 Å². The first-order valence-electron chi connectivity index (χ1n) is 8.51. The van der Waals surface area contributed by atoms with E-state index in [1.807, 2.05) is 36.0 Å². The lowest BCUT2D eigenvalue weighted by Gasteiger charge is -2.04. The topological polar surface area (TPSA) is 103 Å². The zero-order chi connectivity index (χ0) is 19.0. The number of aromatic nitrogens is 3. The fourth-order valence-corrected chi connectivity index (χ4v) is 3.16. The summed E-state index contributed by atoms with van der Waals surface area (Å²) in [5.41, 5.74) is 9.21. The molecule has 0 aliphatic heterocycles. The first kappa shape index (κ1) is 16.8. The van der Waals surface area contributed by atoms with Crippen LogP contribution in [0.25, 0.3) is 33.2 Å². The first-order valence-corrected chi connectivity index (χ1v) is 8.51. The number of nitrogens with two attached hydrogens (primary N) is 1. The number of benzene rings is 1. The average Bonchev–Trinajstić information content (AvgIpc) is 3.22.